The van der Waals surface area contributed by atoms with Crippen LogP contribution in [0.1, 0.15) is 34.1 Å². The van der Waals surface area contributed by atoms with Gasteiger partial charge in [-0.05, 0) is 36.2 Å². The second-order valence-corrected chi connectivity index (χ2v) is 5.46. The zero-order valence-electron chi connectivity index (χ0n) is 12.2. The van der Waals surface area contributed by atoms with Gasteiger partial charge in [-0.25, -0.2) is 9.37 Å². The number of carbonyl (C=O) groups is 1. The minimum Gasteiger partial charge on any atom is -0.391 e. The van der Waals surface area contributed by atoms with Crippen molar-refractivity contribution in [1.82, 2.24) is 9.88 Å². The Kier molecular flexibility index (Phi) is 4.04. The summed E-state index contributed by atoms with van der Waals surface area (Å²) in [4.78, 5) is 18.2. The molecule has 0 aliphatic carbocycles. The van der Waals surface area contributed by atoms with E-state index in [0.717, 1.165) is 5.56 Å². The summed E-state index contributed by atoms with van der Waals surface area (Å²) in [5.41, 5.74) is 1.35. The maximum atomic E-state index is 13.1. The van der Waals surface area contributed by atoms with Crippen LogP contribution < -0.4 is 0 Å². The summed E-state index contributed by atoms with van der Waals surface area (Å²) in [6.07, 6.45) is 1.10. The van der Waals surface area contributed by atoms with E-state index in [9.17, 15) is 14.3 Å². The number of halogens is 1. The third kappa shape index (κ3) is 3.05. The van der Waals surface area contributed by atoms with Crippen molar-refractivity contribution in [3.05, 3.63) is 65.2 Å². The van der Waals surface area contributed by atoms with Crippen LogP contribution in [0.15, 0.2) is 42.6 Å². The predicted octanol–water partition coefficient (Wildman–Crippen LogP) is 2.04. The van der Waals surface area contributed by atoms with E-state index in [1.807, 2.05) is 6.07 Å². The van der Waals surface area contributed by atoms with Gasteiger partial charge in [0.25, 0.3) is 5.91 Å². The lowest BCUT2D eigenvalue weighted by molar-refractivity contribution is 0.0710. The summed E-state index contributed by atoms with van der Waals surface area (Å²) in [7, 11) is 0. The Labute approximate surface area is 132 Å². The fraction of sp³-hybridized carbons (Fsp3) is 0.235. The van der Waals surface area contributed by atoms with Crippen molar-refractivity contribution in [2.24, 2.45) is 0 Å². The molecule has 116 valence electrons. The van der Waals surface area contributed by atoms with Crippen LogP contribution in [-0.4, -0.2) is 33.5 Å². The number of carbonyl (C=O) groups excluding carboxylic acids is 1. The van der Waals surface area contributed by atoms with E-state index in [1.54, 1.807) is 12.1 Å². The number of rotatable bonds is 2. The van der Waals surface area contributed by atoms with Crippen LogP contribution in [0.25, 0.3) is 0 Å². The van der Waals surface area contributed by atoms with Crippen molar-refractivity contribution >= 4 is 5.91 Å². The molecule has 5 nitrogen and oxygen atoms in total. The van der Waals surface area contributed by atoms with Gasteiger partial charge in [-0.15, -0.1) is 0 Å². The molecule has 0 radical (unpaired) electrons. The zero-order chi connectivity index (χ0) is 16.4. The Balaban J connectivity index is 1.87. The average molecular weight is 311 g/mol. The topological polar surface area (TPSA) is 77.2 Å². The van der Waals surface area contributed by atoms with Gasteiger partial charge in [-0.1, -0.05) is 12.1 Å². The number of pyridine rings is 1. The Hall–Kier alpha value is -2.78. The third-order valence-electron chi connectivity index (χ3n) is 3.91. The monoisotopic (exact) mass is 311 g/mol. The number of aromatic nitrogens is 1. The van der Waals surface area contributed by atoms with Crippen molar-refractivity contribution in [2.75, 3.05) is 6.54 Å². The quantitative estimate of drug-likeness (QED) is 0.920. The van der Waals surface area contributed by atoms with Crippen molar-refractivity contribution in [2.45, 2.75) is 18.6 Å². The molecule has 0 unspecified atom stereocenters. The highest BCUT2D eigenvalue weighted by molar-refractivity contribution is 5.92. The molecule has 2 aromatic rings. The SMILES string of the molecule is N#Cc1ccc(C(=O)N2C[C@@H](O)C[C@H]2c2ccc(F)cc2)nc1. The van der Waals surface area contributed by atoms with E-state index >= 15 is 0 Å². The van der Waals surface area contributed by atoms with Crippen LogP contribution in [-0.2, 0) is 0 Å². The molecule has 23 heavy (non-hydrogen) atoms. The van der Waals surface area contributed by atoms with Gasteiger partial charge in [-0.2, -0.15) is 5.26 Å². The van der Waals surface area contributed by atoms with E-state index in [-0.39, 0.29) is 30.0 Å². The molecule has 0 saturated carbocycles. The molecular formula is C17H14FN3O2. The number of hydrogen-bond acceptors (Lipinski definition) is 4. The molecule has 2 atom stereocenters. The number of nitrogens with zero attached hydrogens (tertiary/aromatic N) is 3. The highest BCUT2D eigenvalue weighted by Gasteiger charge is 2.36. The Morgan fingerprint density at radius 3 is 2.65 bits per heavy atom. The van der Waals surface area contributed by atoms with Crippen LogP contribution in [0.5, 0.6) is 0 Å². The number of likely N-dealkylation sites (tertiary alicyclic amines) is 1. The van der Waals surface area contributed by atoms with Crippen LogP contribution in [0.2, 0.25) is 0 Å². The zero-order valence-corrected chi connectivity index (χ0v) is 12.2. The average Bonchev–Trinajstić information content (AvgIpc) is 2.97. The number of nitriles is 1. The normalized spacial score (nSPS) is 20.3. The van der Waals surface area contributed by atoms with Gasteiger partial charge in [0.1, 0.15) is 17.6 Å². The predicted molar refractivity (Wildman–Crippen MR) is 79.8 cm³/mol. The first-order valence-corrected chi connectivity index (χ1v) is 7.19. The maximum Gasteiger partial charge on any atom is 0.273 e. The number of amides is 1. The molecule has 1 aliphatic heterocycles. The number of aliphatic hydroxyl groups excluding tert-OH is 1. The van der Waals surface area contributed by atoms with E-state index in [2.05, 4.69) is 4.98 Å². The Bertz CT molecular complexity index is 753. The van der Waals surface area contributed by atoms with Crippen LogP contribution in [0, 0.1) is 17.1 Å². The number of aliphatic hydroxyl groups is 1. The van der Waals surface area contributed by atoms with E-state index in [1.165, 1.54) is 35.4 Å². The molecule has 1 amide bonds. The highest BCUT2D eigenvalue weighted by Crippen LogP contribution is 2.33. The second-order valence-electron chi connectivity index (χ2n) is 5.46. The number of β-amino-alcohol motifs (C(OH)–C–C–N with tert-alkyl or cyclic N) is 1. The lowest BCUT2D eigenvalue weighted by Crippen LogP contribution is -2.32. The van der Waals surface area contributed by atoms with E-state index < -0.39 is 6.10 Å². The fourth-order valence-electron chi connectivity index (χ4n) is 2.77. The lowest BCUT2D eigenvalue weighted by Gasteiger charge is -2.24. The summed E-state index contributed by atoms with van der Waals surface area (Å²) >= 11 is 0. The molecule has 1 saturated heterocycles. The molecular weight excluding hydrogens is 297 g/mol. The maximum absolute atomic E-state index is 13.1. The lowest BCUT2D eigenvalue weighted by atomic mass is 10.0. The number of hydrogen-bond donors (Lipinski definition) is 1. The number of benzene rings is 1. The Morgan fingerprint density at radius 1 is 1.30 bits per heavy atom. The molecule has 3 rings (SSSR count). The van der Waals surface area contributed by atoms with Gasteiger partial charge in [0.05, 0.1) is 17.7 Å². The molecule has 1 aromatic carbocycles. The molecule has 0 spiro atoms. The van der Waals surface area contributed by atoms with Crippen LogP contribution in [0.3, 0.4) is 0 Å². The summed E-state index contributed by atoms with van der Waals surface area (Å²) in [6, 6.07) is 10.5. The van der Waals surface area contributed by atoms with Crippen LogP contribution in [0.4, 0.5) is 4.39 Å². The molecule has 1 fully saturated rings. The van der Waals surface area contributed by atoms with Crippen molar-refractivity contribution in [3.63, 3.8) is 0 Å². The van der Waals surface area contributed by atoms with E-state index in [4.69, 9.17) is 5.26 Å². The first-order chi connectivity index (χ1) is 11.1. The van der Waals surface area contributed by atoms with Crippen molar-refractivity contribution in [1.29, 1.82) is 5.26 Å². The smallest absolute Gasteiger partial charge is 0.273 e. The van der Waals surface area contributed by atoms with Crippen molar-refractivity contribution < 1.29 is 14.3 Å². The Morgan fingerprint density at radius 2 is 2.04 bits per heavy atom. The molecule has 1 aromatic heterocycles. The van der Waals surface area contributed by atoms with E-state index in [0.29, 0.717) is 12.0 Å². The summed E-state index contributed by atoms with van der Waals surface area (Å²) in [5.74, 6) is -0.667. The molecule has 1 aliphatic rings. The largest absolute Gasteiger partial charge is 0.391 e. The third-order valence-corrected chi connectivity index (χ3v) is 3.91. The summed E-state index contributed by atoms with van der Waals surface area (Å²) in [5, 5.41) is 18.7. The van der Waals surface area contributed by atoms with Crippen LogP contribution >= 0.6 is 0 Å². The first kappa shape index (κ1) is 15.1. The van der Waals surface area contributed by atoms with Crippen molar-refractivity contribution in [3.8, 4) is 6.07 Å². The second kappa shape index (κ2) is 6.15. The standard InChI is InChI=1S/C17H14FN3O2/c18-13-4-2-12(3-5-13)16-7-14(22)10-21(16)17(23)15-6-1-11(8-19)9-20-15/h1-6,9,14,16,22H,7,10H2/t14-,16-/m0/s1. The summed E-state index contributed by atoms with van der Waals surface area (Å²) in [6.45, 7) is 0.197. The molecule has 2 heterocycles. The minimum atomic E-state index is -0.632. The van der Waals surface area contributed by atoms with Gasteiger partial charge < -0.3 is 10.0 Å². The first-order valence-electron chi connectivity index (χ1n) is 7.19. The van der Waals surface area contributed by atoms with Gasteiger partial charge >= 0.3 is 0 Å². The fourth-order valence-corrected chi connectivity index (χ4v) is 2.77. The summed E-state index contributed by atoms with van der Waals surface area (Å²) < 4.78 is 13.1. The minimum absolute atomic E-state index is 0.197. The van der Waals surface area contributed by atoms with Gasteiger partial charge in [0.2, 0.25) is 0 Å². The molecule has 6 heteroatoms. The van der Waals surface area contributed by atoms with Gasteiger partial charge in [0.15, 0.2) is 0 Å². The van der Waals surface area contributed by atoms with Gasteiger partial charge in [-0.3, -0.25) is 4.79 Å². The molecule has 1 N–H and O–H groups in total. The van der Waals surface area contributed by atoms with Gasteiger partial charge in [0, 0.05) is 12.7 Å². The highest BCUT2D eigenvalue weighted by atomic mass is 19.1. The molecule has 0 bridgehead atoms.